The van der Waals surface area contributed by atoms with Crippen molar-refractivity contribution in [3.63, 3.8) is 0 Å². The van der Waals surface area contributed by atoms with Gasteiger partial charge in [-0.3, -0.25) is 10.5 Å². The maximum absolute atomic E-state index is 11.8. The largest absolute Gasteiger partial charge is 0.371 e. The fourth-order valence-electron chi connectivity index (χ4n) is 1.77. The number of hydrogen-bond donors (Lipinski definition) is 2. The summed E-state index contributed by atoms with van der Waals surface area (Å²) < 4.78 is 0. The first-order valence-electron chi connectivity index (χ1n) is 5.74. The van der Waals surface area contributed by atoms with Crippen LogP contribution in [-0.2, 0) is 0 Å². The van der Waals surface area contributed by atoms with E-state index in [4.69, 9.17) is 5.73 Å². The lowest BCUT2D eigenvalue weighted by atomic mass is 9.91. The molecule has 2 unspecified atom stereocenters. The van der Waals surface area contributed by atoms with E-state index in [9.17, 15) is 9.90 Å². The van der Waals surface area contributed by atoms with Crippen LogP contribution in [0.3, 0.4) is 0 Å². The van der Waals surface area contributed by atoms with Crippen molar-refractivity contribution in [3.05, 3.63) is 72.4 Å². The molecule has 0 fully saturated rings. The van der Waals surface area contributed by atoms with Crippen LogP contribution in [0.1, 0.15) is 10.4 Å². The van der Waals surface area contributed by atoms with E-state index in [0.717, 1.165) is 0 Å². The first-order chi connectivity index (χ1) is 8.59. The topological polar surface area (TPSA) is 63.3 Å². The van der Waals surface area contributed by atoms with E-state index in [2.05, 4.69) is 0 Å². The highest BCUT2D eigenvalue weighted by Gasteiger charge is 2.27. The Balaban J connectivity index is 2.10. The van der Waals surface area contributed by atoms with Gasteiger partial charge in [-0.25, -0.2) is 0 Å². The zero-order chi connectivity index (χ0) is 13.0. The molecule has 0 heterocycles. The Kier molecular flexibility index (Phi) is 3.55. The van der Waals surface area contributed by atoms with E-state index < -0.39 is 11.6 Å². The summed E-state index contributed by atoms with van der Waals surface area (Å²) in [6.45, 7) is 0. The molecule has 1 aliphatic carbocycles. The second kappa shape index (κ2) is 5.12. The average Bonchev–Trinajstić information content (AvgIpc) is 2.38. The van der Waals surface area contributed by atoms with Gasteiger partial charge in [-0.1, -0.05) is 54.6 Å². The van der Waals surface area contributed by atoms with Crippen LogP contribution in [0.4, 0.5) is 0 Å². The Morgan fingerprint density at radius 2 is 2.00 bits per heavy atom. The minimum absolute atomic E-state index is 0.102. The Hall–Kier alpha value is -1.97. The van der Waals surface area contributed by atoms with Gasteiger partial charge < -0.3 is 5.11 Å². The van der Waals surface area contributed by atoms with Gasteiger partial charge in [-0.15, -0.1) is 0 Å². The van der Waals surface area contributed by atoms with E-state index in [1.54, 1.807) is 36.4 Å². The second-order valence-corrected chi connectivity index (χ2v) is 4.25. The van der Waals surface area contributed by atoms with Gasteiger partial charge in [0, 0.05) is 11.5 Å². The predicted molar refractivity (Wildman–Crippen MR) is 70.8 cm³/mol. The van der Waals surface area contributed by atoms with Crippen molar-refractivity contribution in [1.82, 2.24) is 0 Å². The lowest BCUT2D eigenvalue weighted by Crippen LogP contribution is -2.44. The maximum Gasteiger partial charge on any atom is 0.185 e. The molecule has 2 atom stereocenters. The van der Waals surface area contributed by atoms with Crippen LogP contribution in [0, 0.1) is 5.92 Å². The van der Waals surface area contributed by atoms with Gasteiger partial charge in [0.05, 0.1) is 0 Å². The van der Waals surface area contributed by atoms with Crippen LogP contribution in [0.5, 0.6) is 0 Å². The predicted octanol–water partition coefficient (Wildman–Crippen LogP) is 1.82. The zero-order valence-electron chi connectivity index (χ0n) is 9.86. The molecule has 0 radical (unpaired) electrons. The lowest BCUT2D eigenvalue weighted by Gasteiger charge is -2.27. The average molecular weight is 241 g/mol. The smallest absolute Gasteiger partial charge is 0.185 e. The van der Waals surface area contributed by atoms with Crippen LogP contribution >= 0.6 is 0 Å². The van der Waals surface area contributed by atoms with Crippen LogP contribution in [-0.4, -0.2) is 16.6 Å². The minimum atomic E-state index is -1.43. The number of carbonyl (C=O) groups is 1. The molecular formula is C15H15NO2. The number of aliphatic hydroxyl groups is 1. The number of ketones is 1. The summed E-state index contributed by atoms with van der Waals surface area (Å²) in [6, 6.07) is 8.97. The van der Waals surface area contributed by atoms with E-state index in [0.29, 0.717) is 5.56 Å². The zero-order valence-corrected chi connectivity index (χ0v) is 9.86. The van der Waals surface area contributed by atoms with Gasteiger partial charge in [-0.05, 0) is 12.2 Å². The van der Waals surface area contributed by atoms with E-state index in [1.807, 2.05) is 18.2 Å². The molecule has 0 bridgehead atoms. The highest BCUT2D eigenvalue weighted by Crippen LogP contribution is 2.20. The van der Waals surface area contributed by atoms with Crippen molar-refractivity contribution in [2.24, 2.45) is 11.7 Å². The Morgan fingerprint density at radius 3 is 2.67 bits per heavy atom. The summed E-state index contributed by atoms with van der Waals surface area (Å²) in [5.74, 6) is -0.496. The first kappa shape index (κ1) is 12.5. The highest BCUT2D eigenvalue weighted by molar-refractivity contribution is 6.04. The van der Waals surface area contributed by atoms with Crippen LogP contribution in [0.15, 0.2) is 66.8 Å². The lowest BCUT2D eigenvalue weighted by molar-refractivity contribution is 0.0706. The third-order valence-corrected chi connectivity index (χ3v) is 2.84. The van der Waals surface area contributed by atoms with Gasteiger partial charge in [0.25, 0.3) is 0 Å². The number of rotatable bonds is 3. The number of benzene rings is 1. The van der Waals surface area contributed by atoms with Crippen molar-refractivity contribution in [2.75, 3.05) is 0 Å². The Morgan fingerprint density at radius 1 is 1.28 bits per heavy atom. The minimum Gasteiger partial charge on any atom is -0.371 e. The maximum atomic E-state index is 11.8. The molecule has 0 aromatic heterocycles. The number of carbonyl (C=O) groups excluding carboxylic acids is 1. The van der Waals surface area contributed by atoms with Gasteiger partial charge in [0.1, 0.15) is 5.72 Å². The standard InChI is InChI=1S/C15H15NO2/c16-15(18)11-5-4-8-13(15)9-10-14(17)12-6-2-1-3-7-12/h1-11,13,18H,16H2. The van der Waals surface area contributed by atoms with Crippen molar-refractivity contribution in [3.8, 4) is 0 Å². The monoisotopic (exact) mass is 241 g/mol. The van der Waals surface area contributed by atoms with E-state index >= 15 is 0 Å². The fraction of sp³-hybridized carbons (Fsp3) is 0.133. The molecule has 1 aromatic rings. The van der Waals surface area contributed by atoms with Crippen molar-refractivity contribution < 1.29 is 9.90 Å². The molecule has 0 saturated carbocycles. The quantitative estimate of drug-likeness (QED) is 0.482. The fourth-order valence-corrected chi connectivity index (χ4v) is 1.77. The Labute approximate surface area is 106 Å². The van der Waals surface area contributed by atoms with E-state index in [1.165, 1.54) is 12.2 Å². The molecule has 1 aromatic carbocycles. The molecule has 3 N–H and O–H groups in total. The third kappa shape index (κ3) is 2.83. The van der Waals surface area contributed by atoms with Crippen LogP contribution < -0.4 is 5.73 Å². The molecular weight excluding hydrogens is 226 g/mol. The Bertz CT molecular complexity index is 513. The molecule has 1 aliphatic rings. The number of allylic oxidation sites excluding steroid dienone is 3. The molecule has 2 rings (SSSR count). The van der Waals surface area contributed by atoms with E-state index in [-0.39, 0.29) is 5.78 Å². The molecule has 0 spiro atoms. The normalized spacial score (nSPS) is 26.7. The molecule has 0 amide bonds. The van der Waals surface area contributed by atoms with Gasteiger partial charge in [0.15, 0.2) is 5.78 Å². The number of nitrogens with two attached hydrogens (primary N) is 1. The molecule has 3 nitrogen and oxygen atoms in total. The number of hydrogen-bond acceptors (Lipinski definition) is 3. The summed E-state index contributed by atoms with van der Waals surface area (Å²) in [4.78, 5) is 11.8. The van der Waals surface area contributed by atoms with Crippen LogP contribution in [0.25, 0.3) is 0 Å². The molecule has 0 aliphatic heterocycles. The molecule has 0 saturated heterocycles. The van der Waals surface area contributed by atoms with Gasteiger partial charge in [-0.2, -0.15) is 0 Å². The highest BCUT2D eigenvalue weighted by atomic mass is 16.3. The van der Waals surface area contributed by atoms with Crippen molar-refractivity contribution in [2.45, 2.75) is 5.72 Å². The molecule has 92 valence electrons. The summed E-state index contributed by atoms with van der Waals surface area (Å²) in [7, 11) is 0. The summed E-state index contributed by atoms with van der Waals surface area (Å²) in [6.07, 6.45) is 9.81. The summed E-state index contributed by atoms with van der Waals surface area (Å²) in [5, 5.41) is 9.89. The van der Waals surface area contributed by atoms with Crippen molar-refractivity contribution in [1.29, 1.82) is 0 Å². The SMILES string of the molecule is NC1(O)C=CC=CC1C=CC(=O)c1ccccc1. The van der Waals surface area contributed by atoms with Crippen LogP contribution in [0.2, 0.25) is 0 Å². The molecule has 18 heavy (non-hydrogen) atoms. The third-order valence-electron chi connectivity index (χ3n) is 2.84. The summed E-state index contributed by atoms with van der Waals surface area (Å²) in [5.41, 5.74) is 4.89. The van der Waals surface area contributed by atoms with Crippen molar-refractivity contribution >= 4 is 5.78 Å². The first-order valence-corrected chi connectivity index (χ1v) is 5.74. The second-order valence-electron chi connectivity index (χ2n) is 4.25. The molecule has 3 heteroatoms. The summed E-state index contributed by atoms with van der Waals surface area (Å²) >= 11 is 0. The van der Waals surface area contributed by atoms with Gasteiger partial charge >= 0.3 is 0 Å². The van der Waals surface area contributed by atoms with Gasteiger partial charge in [0.2, 0.25) is 0 Å².